The van der Waals surface area contributed by atoms with E-state index in [1.165, 1.54) is 4.88 Å². The normalized spacial score (nSPS) is 16.5. The Hall–Kier alpha value is -1.15. The molecular formula is C11H11NS. The molecule has 0 amide bonds. The Morgan fingerprint density at radius 1 is 1.38 bits per heavy atom. The SMILES string of the molecule is C1=CC(/C=C/c2cccs2)=NCC1. The molecule has 0 saturated heterocycles. The summed E-state index contributed by atoms with van der Waals surface area (Å²) in [7, 11) is 0. The van der Waals surface area contributed by atoms with Gasteiger partial charge in [-0.15, -0.1) is 11.3 Å². The second-order valence-corrected chi connectivity index (χ2v) is 3.83. The molecule has 1 aromatic rings. The molecule has 66 valence electrons. The molecule has 2 heteroatoms. The van der Waals surface area contributed by atoms with Gasteiger partial charge in [-0.1, -0.05) is 12.1 Å². The van der Waals surface area contributed by atoms with Crippen molar-refractivity contribution in [2.45, 2.75) is 6.42 Å². The minimum Gasteiger partial charge on any atom is -0.285 e. The van der Waals surface area contributed by atoms with Crippen LogP contribution in [-0.4, -0.2) is 12.3 Å². The van der Waals surface area contributed by atoms with Crippen LogP contribution >= 0.6 is 11.3 Å². The van der Waals surface area contributed by atoms with Gasteiger partial charge in [-0.2, -0.15) is 0 Å². The van der Waals surface area contributed by atoms with E-state index in [-0.39, 0.29) is 0 Å². The Kier molecular flexibility index (Phi) is 2.72. The lowest BCUT2D eigenvalue weighted by Crippen LogP contribution is -1.95. The molecule has 1 aromatic heterocycles. The van der Waals surface area contributed by atoms with Crippen molar-refractivity contribution in [3.8, 4) is 0 Å². The maximum Gasteiger partial charge on any atom is 0.0571 e. The molecule has 1 aliphatic heterocycles. The number of allylic oxidation sites excluding steroid dienone is 2. The van der Waals surface area contributed by atoms with Crippen LogP contribution in [0.15, 0.2) is 40.7 Å². The molecule has 13 heavy (non-hydrogen) atoms. The number of nitrogens with zero attached hydrogens (tertiary/aromatic N) is 1. The zero-order valence-electron chi connectivity index (χ0n) is 7.31. The zero-order valence-corrected chi connectivity index (χ0v) is 8.13. The number of rotatable bonds is 2. The molecule has 1 nitrogen and oxygen atoms in total. The number of hydrogen-bond acceptors (Lipinski definition) is 2. The van der Waals surface area contributed by atoms with E-state index in [0.29, 0.717) is 0 Å². The Labute approximate surface area is 82.1 Å². The summed E-state index contributed by atoms with van der Waals surface area (Å²) in [5.74, 6) is 0. The van der Waals surface area contributed by atoms with Gasteiger partial charge in [0.2, 0.25) is 0 Å². The highest BCUT2D eigenvalue weighted by molar-refractivity contribution is 7.10. The van der Waals surface area contributed by atoms with E-state index in [4.69, 9.17) is 0 Å². The first-order valence-electron chi connectivity index (χ1n) is 4.38. The minimum atomic E-state index is 0.931. The summed E-state index contributed by atoms with van der Waals surface area (Å²) in [4.78, 5) is 5.66. The quantitative estimate of drug-likeness (QED) is 0.677. The van der Waals surface area contributed by atoms with Gasteiger partial charge in [0, 0.05) is 11.4 Å². The zero-order chi connectivity index (χ0) is 8.93. The summed E-state index contributed by atoms with van der Waals surface area (Å²) in [6.45, 7) is 0.931. The molecule has 0 fully saturated rings. The van der Waals surface area contributed by atoms with Gasteiger partial charge in [0.1, 0.15) is 0 Å². The summed E-state index contributed by atoms with van der Waals surface area (Å²) in [5.41, 5.74) is 1.08. The van der Waals surface area contributed by atoms with Crippen molar-refractivity contribution >= 4 is 23.1 Å². The summed E-state index contributed by atoms with van der Waals surface area (Å²) >= 11 is 1.75. The van der Waals surface area contributed by atoms with Gasteiger partial charge in [-0.05, 0) is 36.1 Å². The molecule has 0 N–H and O–H groups in total. The number of dihydropyridines is 1. The molecule has 0 bridgehead atoms. The lowest BCUT2D eigenvalue weighted by molar-refractivity contribution is 0.996. The third-order valence-electron chi connectivity index (χ3n) is 1.84. The molecule has 0 aliphatic carbocycles. The van der Waals surface area contributed by atoms with Crippen molar-refractivity contribution in [2.24, 2.45) is 4.99 Å². The summed E-state index contributed by atoms with van der Waals surface area (Å²) in [5, 5.41) is 2.08. The molecule has 0 unspecified atom stereocenters. The average Bonchev–Trinajstić information content (AvgIpc) is 2.69. The van der Waals surface area contributed by atoms with Crippen LogP contribution in [0.25, 0.3) is 6.08 Å². The van der Waals surface area contributed by atoms with Crippen LogP contribution in [0.1, 0.15) is 11.3 Å². The summed E-state index contributed by atoms with van der Waals surface area (Å²) < 4.78 is 0. The molecule has 1 aliphatic rings. The monoisotopic (exact) mass is 189 g/mol. The highest BCUT2D eigenvalue weighted by atomic mass is 32.1. The second-order valence-electron chi connectivity index (χ2n) is 2.85. The van der Waals surface area contributed by atoms with E-state index in [0.717, 1.165) is 18.7 Å². The van der Waals surface area contributed by atoms with E-state index in [9.17, 15) is 0 Å². The van der Waals surface area contributed by atoms with Gasteiger partial charge in [0.25, 0.3) is 0 Å². The smallest absolute Gasteiger partial charge is 0.0571 e. The Bertz CT molecular complexity index is 344. The van der Waals surface area contributed by atoms with Crippen LogP contribution in [0.3, 0.4) is 0 Å². The second kappa shape index (κ2) is 4.19. The lowest BCUT2D eigenvalue weighted by atomic mass is 10.2. The molecule has 0 spiro atoms. The maximum absolute atomic E-state index is 4.38. The van der Waals surface area contributed by atoms with E-state index < -0.39 is 0 Å². The minimum absolute atomic E-state index is 0.931. The average molecular weight is 189 g/mol. The topological polar surface area (TPSA) is 12.4 Å². The highest BCUT2D eigenvalue weighted by Crippen LogP contribution is 2.10. The fourth-order valence-electron chi connectivity index (χ4n) is 1.19. The van der Waals surface area contributed by atoms with Gasteiger partial charge in [-0.3, -0.25) is 4.99 Å². The Balaban J connectivity index is 2.05. The Morgan fingerprint density at radius 2 is 2.38 bits per heavy atom. The van der Waals surface area contributed by atoms with Gasteiger partial charge in [-0.25, -0.2) is 0 Å². The van der Waals surface area contributed by atoms with E-state index >= 15 is 0 Å². The van der Waals surface area contributed by atoms with Crippen molar-refractivity contribution in [3.05, 3.63) is 40.6 Å². The third kappa shape index (κ3) is 2.39. The predicted octanol–water partition coefficient (Wildman–Crippen LogP) is 3.16. The first kappa shape index (κ1) is 8.45. The standard InChI is InChI=1S/C11H11NS/c1-2-8-12-10(4-1)6-7-11-5-3-9-13-11/h1,3-7,9H,2,8H2/b7-6+. The van der Waals surface area contributed by atoms with Crippen LogP contribution in [0, 0.1) is 0 Å². The largest absolute Gasteiger partial charge is 0.285 e. The molecular weight excluding hydrogens is 178 g/mol. The summed E-state index contributed by atoms with van der Waals surface area (Å²) in [6.07, 6.45) is 9.51. The van der Waals surface area contributed by atoms with Gasteiger partial charge in [0.15, 0.2) is 0 Å². The first-order valence-corrected chi connectivity index (χ1v) is 5.26. The van der Waals surface area contributed by atoms with E-state index in [1.54, 1.807) is 11.3 Å². The van der Waals surface area contributed by atoms with Gasteiger partial charge < -0.3 is 0 Å². The fraction of sp³-hybridized carbons (Fsp3) is 0.182. The first-order chi connectivity index (χ1) is 6.45. The van der Waals surface area contributed by atoms with Crippen molar-refractivity contribution in [1.82, 2.24) is 0 Å². The van der Waals surface area contributed by atoms with Crippen LogP contribution in [-0.2, 0) is 0 Å². The summed E-state index contributed by atoms with van der Waals surface area (Å²) in [6, 6.07) is 4.16. The fourth-order valence-corrected chi connectivity index (χ4v) is 1.80. The van der Waals surface area contributed by atoms with Crippen molar-refractivity contribution in [1.29, 1.82) is 0 Å². The molecule has 0 atom stereocenters. The van der Waals surface area contributed by atoms with Crippen LogP contribution in [0.4, 0.5) is 0 Å². The van der Waals surface area contributed by atoms with Crippen LogP contribution in [0.5, 0.6) is 0 Å². The number of aliphatic imine (C=N–C) groups is 1. The van der Waals surface area contributed by atoms with Crippen LogP contribution in [0.2, 0.25) is 0 Å². The third-order valence-corrected chi connectivity index (χ3v) is 2.68. The van der Waals surface area contributed by atoms with Crippen molar-refractivity contribution in [3.63, 3.8) is 0 Å². The van der Waals surface area contributed by atoms with Crippen molar-refractivity contribution in [2.75, 3.05) is 6.54 Å². The predicted molar refractivity (Wildman–Crippen MR) is 59.4 cm³/mol. The van der Waals surface area contributed by atoms with Crippen LogP contribution < -0.4 is 0 Å². The molecule has 2 heterocycles. The van der Waals surface area contributed by atoms with Gasteiger partial charge >= 0.3 is 0 Å². The van der Waals surface area contributed by atoms with Gasteiger partial charge in [0.05, 0.1) is 5.71 Å². The highest BCUT2D eigenvalue weighted by Gasteiger charge is 1.93. The number of hydrogen-bond donors (Lipinski definition) is 0. The van der Waals surface area contributed by atoms with E-state index in [2.05, 4.69) is 46.8 Å². The number of thiophene rings is 1. The maximum atomic E-state index is 4.38. The molecule has 0 radical (unpaired) electrons. The van der Waals surface area contributed by atoms with E-state index in [1.807, 2.05) is 0 Å². The lowest BCUT2D eigenvalue weighted by Gasteiger charge is -1.99. The van der Waals surface area contributed by atoms with Crippen molar-refractivity contribution < 1.29 is 0 Å². The Morgan fingerprint density at radius 3 is 3.08 bits per heavy atom. The molecule has 0 aromatic carbocycles. The molecule has 0 saturated carbocycles. The molecule has 2 rings (SSSR count).